The Labute approximate surface area is 151 Å². The second kappa shape index (κ2) is 8.66. The van der Waals surface area contributed by atoms with E-state index in [0.717, 1.165) is 0 Å². The molecule has 23 heavy (non-hydrogen) atoms. The van der Waals surface area contributed by atoms with Gasteiger partial charge in [0.15, 0.2) is 16.6 Å². The van der Waals surface area contributed by atoms with Gasteiger partial charge in [0.1, 0.15) is 0 Å². The normalized spacial score (nSPS) is 17.2. The van der Waals surface area contributed by atoms with E-state index in [1.165, 1.54) is 0 Å². The van der Waals surface area contributed by atoms with Crippen molar-refractivity contribution in [1.29, 1.82) is 0 Å². The minimum Gasteiger partial charge on any atom is -0.439 e. The highest BCUT2D eigenvalue weighted by Crippen LogP contribution is 2.22. The lowest BCUT2D eigenvalue weighted by molar-refractivity contribution is 0.304. The van der Waals surface area contributed by atoms with Gasteiger partial charge in [-0.05, 0) is 78.6 Å². The van der Waals surface area contributed by atoms with Gasteiger partial charge in [-0.25, -0.2) is 0 Å². The Bertz CT molecular complexity index is 366. The second-order valence-electron chi connectivity index (χ2n) is 8.74. The van der Waals surface area contributed by atoms with Crippen LogP contribution < -0.4 is 0 Å². The molecule has 11 heteroatoms. The molecule has 0 amide bonds. The first kappa shape index (κ1) is 24.1. The molecule has 0 radical (unpaired) electrons. The van der Waals surface area contributed by atoms with Gasteiger partial charge in [0.25, 0.3) is 18.6 Å². The maximum Gasteiger partial charge on any atom is 0.313 e. The summed E-state index contributed by atoms with van der Waals surface area (Å²) < 4.78 is 31.0. The van der Waals surface area contributed by atoms with Gasteiger partial charge in [-0.1, -0.05) is 0 Å². The first-order valence-corrected chi connectivity index (χ1v) is 25.0. The molecule has 5 nitrogen and oxygen atoms in total. The van der Waals surface area contributed by atoms with Gasteiger partial charge in [-0.15, -0.1) is 0 Å². The van der Waals surface area contributed by atoms with Crippen molar-refractivity contribution >= 4 is 52.3 Å². The van der Waals surface area contributed by atoms with Crippen molar-refractivity contribution in [2.45, 2.75) is 78.6 Å². The molecule has 0 rings (SSSR count). The average molecular weight is 431 g/mol. The maximum atomic E-state index is 6.36. The predicted molar refractivity (Wildman–Crippen MR) is 113 cm³/mol. The molecule has 0 saturated heterocycles. The van der Waals surface area contributed by atoms with Gasteiger partial charge in [0.05, 0.1) is 0 Å². The molecule has 0 spiro atoms. The van der Waals surface area contributed by atoms with Crippen LogP contribution in [0.15, 0.2) is 0 Å². The highest BCUT2D eigenvalue weighted by molar-refractivity contribution is 6.87. The van der Waals surface area contributed by atoms with E-state index in [9.17, 15) is 0 Å². The zero-order valence-electron chi connectivity index (χ0n) is 17.2. The summed E-state index contributed by atoms with van der Waals surface area (Å²) in [6.07, 6.45) is 0. The quantitative estimate of drug-likeness (QED) is 0.493. The lowest BCUT2D eigenvalue weighted by atomic mass is 11.8. The molecule has 140 valence electrons. The van der Waals surface area contributed by atoms with Crippen LogP contribution in [-0.4, -0.2) is 52.3 Å². The third-order valence-corrected chi connectivity index (χ3v) is 21.6. The Balaban J connectivity index is 4.55. The van der Waals surface area contributed by atoms with Gasteiger partial charge in [-0.2, -0.15) is 0 Å². The average Bonchev–Trinajstić information content (AvgIpc) is 2.03. The lowest BCUT2D eigenvalue weighted by Gasteiger charge is -2.38. The Morgan fingerprint density at radius 1 is 0.522 bits per heavy atom. The van der Waals surface area contributed by atoms with Gasteiger partial charge >= 0.3 is 17.1 Å². The van der Waals surface area contributed by atoms with Crippen LogP contribution in [0.25, 0.3) is 0 Å². The van der Waals surface area contributed by atoms with Crippen LogP contribution in [0.5, 0.6) is 0 Å². The van der Waals surface area contributed by atoms with Crippen molar-refractivity contribution in [3.8, 4) is 0 Å². The van der Waals surface area contributed by atoms with Crippen molar-refractivity contribution in [3.63, 3.8) is 0 Å². The van der Waals surface area contributed by atoms with Gasteiger partial charge in [0, 0.05) is 0 Å². The summed E-state index contributed by atoms with van der Waals surface area (Å²) in [6.45, 7) is 25.7. The molecular formula is C12H38O5Si6. The highest BCUT2D eigenvalue weighted by atomic mass is 28.5. The van der Waals surface area contributed by atoms with Crippen LogP contribution in [0.4, 0.5) is 0 Å². The molecular weight excluding hydrogens is 393 g/mol. The Morgan fingerprint density at radius 2 is 0.957 bits per heavy atom. The zero-order chi connectivity index (χ0) is 18.7. The molecule has 0 aromatic carbocycles. The summed E-state index contributed by atoms with van der Waals surface area (Å²) in [5.74, 6) is 0. The molecule has 0 heterocycles. The summed E-state index contributed by atoms with van der Waals surface area (Å²) in [7, 11) is -10.9. The van der Waals surface area contributed by atoms with Crippen LogP contribution in [0, 0.1) is 0 Å². The topological polar surface area (TPSA) is 46.2 Å². The maximum absolute atomic E-state index is 6.36. The monoisotopic (exact) mass is 430 g/mol. The lowest BCUT2D eigenvalue weighted by Crippen LogP contribution is -2.54. The number of hydrogen-bond donors (Lipinski definition) is 0. The van der Waals surface area contributed by atoms with Crippen LogP contribution >= 0.6 is 0 Å². The Morgan fingerprint density at radius 3 is 1.35 bits per heavy atom. The fourth-order valence-corrected chi connectivity index (χ4v) is 25.2. The largest absolute Gasteiger partial charge is 0.439 e. The van der Waals surface area contributed by atoms with Crippen molar-refractivity contribution in [3.05, 3.63) is 0 Å². The third-order valence-electron chi connectivity index (χ3n) is 2.40. The minimum absolute atomic E-state index is 1.54. The number of rotatable bonds is 10. The fourth-order valence-electron chi connectivity index (χ4n) is 2.60. The van der Waals surface area contributed by atoms with Gasteiger partial charge in [0.2, 0.25) is 0 Å². The Kier molecular flexibility index (Phi) is 9.07. The van der Waals surface area contributed by atoms with E-state index in [0.29, 0.717) is 0 Å². The molecule has 2 unspecified atom stereocenters. The molecule has 0 aliphatic heterocycles. The second-order valence-corrected chi connectivity index (χ2v) is 29.7. The highest BCUT2D eigenvalue weighted by Gasteiger charge is 2.40. The van der Waals surface area contributed by atoms with Crippen LogP contribution in [-0.2, 0) is 20.6 Å². The van der Waals surface area contributed by atoms with Crippen LogP contribution in [0.2, 0.25) is 78.6 Å². The molecule has 0 fully saturated rings. The van der Waals surface area contributed by atoms with E-state index in [2.05, 4.69) is 78.6 Å². The number of hydrogen-bond acceptors (Lipinski definition) is 5. The molecule has 0 aliphatic rings. The standard InChI is InChI=1S/C12H38O5Si6/c1-18(14-20(3,4)5)13-19(2)15-22(9,10)17-23(11,12)16-21(6,7)8/h18-19H,1-12H3. The van der Waals surface area contributed by atoms with E-state index in [4.69, 9.17) is 20.6 Å². The SMILES string of the molecule is C[SiH](O[SiH](C)O[Si](C)(C)O[Si](C)(C)O[Si](C)(C)C)O[Si](C)(C)C. The fraction of sp³-hybridized carbons (Fsp3) is 1.00. The first-order chi connectivity index (χ1) is 9.91. The van der Waals surface area contributed by atoms with Crippen molar-refractivity contribution < 1.29 is 20.6 Å². The predicted octanol–water partition coefficient (Wildman–Crippen LogP) is 3.84. The molecule has 0 saturated carbocycles. The third kappa shape index (κ3) is 14.0. The summed E-state index contributed by atoms with van der Waals surface area (Å²) in [4.78, 5) is 0. The van der Waals surface area contributed by atoms with Crippen molar-refractivity contribution in [2.75, 3.05) is 0 Å². The van der Waals surface area contributed by atoms with Crippen LogP contribution in [0.1, 0.15) is 0 Å². The van der Waals surface area contributed by atoms with Crippen molar-refractivity contribution in [1.82, 2.24) is 0 Å². The molecule has 0 aromatic heterocycles. The van der Waals surface area contributed by atoms with Gasteiger partial charge < -0.3 is 20.6 Å². The molecule has 0 aromatic rings. The smallest absolute Gasteiger partial charge is 0.313 e. The first-order valence-electron chi connectivity index (χ1n) is 8.32. The van der Waals surface area contributed by atoms with Crippen LogP contribution in [0.3, 0.4) is 0 Å². The molecule has 2 atom stereocenters. The summed E-state index contributed by atoms with van der Waals surface area (Å²) in [6, 6.07) is 0. The molecule has 0 bridgehead atoms. The van der Waals surface area contributed by atoms with E-state index in [-0.39, 0.29) is 0 Å². The summed E-state index contributed by atoms with van der Waals surface area (Å²) >= 11 is 0. The molecule has 0 aliphatic carbocycles. The summed E-state index contributed by atoms with van der Waals surface area (Å²) in [5.41, 5.74) is 0. The van der Waals surface area contributed by atoms with E-state index in [1.54, 1.807) is 0 Å². The van der Waals surface area contributed by atoms with E-state index in [1.807, 2.05) is 0 Å². The van der Waals surface area contributed by atoms with E-state index >= 15 is 0 Å². The van der Waals surface area contributed by atoms with Gasteiger partial charge in [-0.3, -0.25) is 0 Å². The zero-order valence-corrected chi connectivity index (χ0v) is 23.5. The Hall–Kier alpha value is 1.10. The molecule has 0 N–H and O–H groups in total. The van der Waals surface area contributed by atoms with E-state index < -0.39 is 52.3 Å². The summed E-state index contributed by atoms with van der Waals surface area (Å²) in [5, 5.41) is 0. The minimum atomic E-state index is -2.25. The van der Waals surface area contributed by atoms with Crippen molar-refractivity contribution in [2.24, 2.45) is 0 Å².